The summed E-state index contributed by atoms with van der Waals surface area (Å²) in [6.45, 7) is 3.03. The van der Waals surface area contributed by atoms with E-state index in [2.05, 4.69) is 24.4 Å². The summed E-state index contributed by atoms with van der Waals surface area (Å²) in [4.78, 5) is 0. The van der Waals surface area contributed by atoms with Gasteiger partial charge in [0.2, 0.25) is 0 Å². The van der Waals surface area contributed by atoms with Gasteiger partial charge < -0.3 is 5.32 Å². The molecule has 0 unspecified atom stereocenters. The van der Waals surface area contributed by atoms with Crippen LogP contribution in [0.3, 0.4) is 0 Å². The third kappa shape index (κ3) is 3.00. The van der Waals surface area contributed by atoms with Gasteiger partial charge in [-0.15, -0.1) is 0 Å². The van der Waals surface area contributed by atoms with Crippen LogP contribution >= 0.6 is 0 Å². The fourth-order valence-electron chi connectivity index (χ4n) is 1.92. The molecule has 0 spiro atoms. The summed E-state index contributed by atoms with van der Waals surface area (Å²) in [5.74, 6) is 0.995. The van der Waals surface area contributed by atoms with E-state index >= 15 is 0 Å². The first-order valence-corrected chi connectivity index (χ1v) is 6.04. The molecular formula is C14H18N2. The van der Waals surface area contributed by atoms with Crippen LogP contribution < -0.4 is 5.32 Å². The van der Waals surface area contributed by atoms with Gasteiger partial charge in [-0.05, 0) is 43.4 Å². The smallest absolute Gasteiger partial charge is 0.101 e. The Hall–Kier alpha value is -1.49. The summed E-state index contributed by atoms with van der Waals surface area (Å²) in [5.41, 5.74) is 2.93. The molecule has 1 saturated carbocycles. The molecule has 1 aliphatic carbocycles. The third-order valence-electron chi connectivity index (χ3n) is 3.10. The van der Waals surface area contributed by atoms with E-state index in [1.807, 2.05) is 12.1 Å². The minimum atomic E-state index is 0.747. The Labute approximate surface area is 97.3 Å². The molecule has 1 aliphatic rings. The number of nitriles is 1. The molecule has 0 aliphatic heterocycles. The lowest BCUT2D eigenvalue weighted by Gasteiger charge is -2.08. The number of nitrogens with zero attached hydrogens (tertiary/aromatic N) is 1. The van der Waals surface area contributed by atoms with E-state index in [0.29, 0.717) is 0 Å². The summed E-state index contributed by atoms with van der Waals surface area (Å²) in [5, 5.41) is 12.3. The Morgan fingerprint density at radius 1 is 1.44 bits per heavy atom. The van der Waals surface area contributed by atoms with Crippen LogP contribution in [0.4, 0.5) is 5.69 Å². The second kappa shape index (κ2) is 5.03. The lowest BCUT2D eigenvalue weighted by atomic mass is 10.1. The minimum Gasteiger partial charge on any atom is -0.384 e. The Bertz CT molecular complexity index is 400. The van der Waals surface area contributed by atoms with E-state index in [-0.39, 0.29) is 0 Å². The van der Waals surface area contributed by atoms with Crippen LogP contribution in [-0.4, -0.2) is 6.54 Å². The molecule has 0 heterocycles. The standard InChI is InChI=1S/C14H18N2/c1-11-4-7-13(10-15)14(9-11)16-8-2-3-12-5-6-12/h4,7,9,12,16H,2-3,5-6,8H2,1H3. The van der Waals surface area contributed by atoms with Gasteiger partial charge in [-0.3, -0.25) is 0 Å². The Morgan fingerprint density at radius 2 is 2.25 bits per heavy atom. The topological polar surface area (TPSA) is 35.8 Å². The van der Waals surface area contributed by atoms with Gasteiger partial charge in [0, 0.05) is 6.54 Å². The molecular weight excluding hydrogens is 196 g/mol. The van der Waals surface area contributed by atoms with Gasteiger partial charge in [-0.2, -0.15) is 5.26 Å². The molecule has 2 nitrogen and oxygen atoms in total. The zero-order chi connectivity index (χ0) is 11.4. The number of aryl methyl sites for hydroxylation is 1. The molecule has 0 bridgehead atoms. The maximum absolute atomic E-state index is 8.97. The molecule has 0 aromatic heterocycles. The lowest BCUT2D eigenvalue weighted by molar-refractivity contribution is 0.687. The van der Waals surface area contributed by atoms with E-state index in [0.717, 1.165) is 23.7 Å². The zero-order valence-electron chi connectivity index (χ0n) is 9.79. The van der Waals surface area contributed by atoms with Crippen LogP contribution in [-0.2, 0) is 0 Å². The van der Waals surface area contributed by atoms with Crippen LogP contribution in [0.1, 0.15) is 36.8 Å². The van der Waals surface area contributed by atoms with Crippen molar-refractivity contribution in [3.05, 3.63) is 29.3 Å². The lowest BCUT2D eigenvalue weighted by Crippen LogP contribution is -2.03. The number of hydrogen-bond donors (Lipinski definition) is 1. The normalized spacial score (nSPS) is 14.5. The van der Waals surface area contributed by atoms with Crippen LogP contribution in [0, 0.1) is 24.2 Å². The summed E-state index contributed by atoms with van der Waals surface area (Å²) in [7, 11) is 0. The molecule has 0 saturated heterocycles. The number of anilines is 1. The quantitative estimate of drug-likeness (QED) is 0.762. The molecule has 84 valence electrons. The first-order valence-electron chi connectivity index (χ1n) is 6.04. The van der Waals surface area contributed by atoms with Crippen molar-refractivity contribution in [2.75, 3.05) is 11.9 Å². The van der Waals surface area contributed by atoms with E-state index in [1.165, 1.54) is 31.2 Å². The number of nitrogens with one attached hydrogen (secondary N) is 1. The van der Waals surface area contributed by atoms with E-state index in [9.17, 15) is 0 Å². The molecule has 16 heavy (non-hydrogen) atoms. The second-order valence-corrected chi connectivity index (χ2v) is 4.67. The molecule has 1 aromatic carbocycles. The van der Waals surface area contributed by atoms with Crippen molar-refractivity contribution in [3.8, 4) is 6.07 Å². The summed E-state index contributed by atoms with van der Waals surface area (Å²) in [6, 6.07) is 8.14. The van der Waals surface area contributed by atoms with Gasteiger partial charge in [-0.1, -0.05) is 18.9 Å². The van der Waals surface area contributed by atoms with Gasteiger partial charge in [0.05, 0.1) is 11.3 Å². The van der Waals surface area contributed by atoms with Crippen molar-refractivity contribution >= 4 is 5.69 Å². The summed E-state index contributed by atoms with van der Waals surface area (Å²) in [6.07, 6.45) is 5.39. The molecule has 0 atom stereocenters. The molecule has 0 radical (unpaired) electrons. The van der Waals surface area contributed by atoms with E-state index in [1.54, 1.807) is 0 Å². The fourth-order valence-corrected chi connectivity index (χ4v) is 1.92. The highest BCUT2D eigenvalue weighted by Crippen LogP contribution is 2.33. The van der Waals surface area contributed by atoms with Gasteiger partial charge in [0.1, 0.15) is 6.07 Å². The largest absolute Gasteiger partial charge is 0.384 e. The predicted octanol–water partition coefficient (Wildman–Crippen LogP) is 3.47. The van der Waals surface area contributed by atoms with Gasteiger partial charge in [0.25, 0.3) is 0 Å². The van der Waals surface area contributed by atoms with Crippen molar-refractivity contribution in [3.63, 3.8) is 0 Å². The molecule has 0 amide bonds. The number of rotatable bonds is 5. The van der Waals surface area contributed by atoms with E-state index in [4.69, 9.17) is 5.26 Å². The average molecular weight is 214 g/mol. The molecule has 2 heteroatoms. The van der Waals surface area contributed by atoms with Crippen molar-refractivity contribution in [1.29, 1.82) is 5.26 Å². The van der Waals surface area contributed by atoms with Crippen LogP contribution in [0.15, 0.2) is 18.2 Å². The van der Waals surface area contributed by atoms with Crippen LogP contribution in [0.2, 0.25) is 0 Å². The Morgan fingerprint density at radius 3 is 2.94 bits per heavy atom. The van der Waals surface area contributed by atoms with Crippen LogP contribution in [0.5, 0.6) is 0 Å². The molecule has 2 rings (SSSR count). The SMILES string of the molecule is Cc1ccc(C#N)c(NCCCC2CC2)c1. The highest BCUT2D eigenvalue weighted by Gasteiger charge is 2.19. The van der Waals surface area contributed by atoms with Crippen molar-refractivity contribution < 1.29 is 0 Å². The monoisotopic (exact) mass is 214 g/mol. The van der Waals surface area contributed by atoms with Gasteiger partial charge in [-0.25, -0.2) is 0 Å². The number of hydrogen-bond acceptors (Lipinski definition) is 2. The molecule has 1 aromatic rings. The maximum atomic E-state index is 8.97. The minimum absolute atomic E-state index is 0.747. The molecule has 1 N–H and O–H groups in total. The highest BCUT2D eigenvalue weighted by molar-refractivity contribution is 5.58. The van der Waals surface area contributed by atoms with Crippen molar-refractivity contribution in [2.45, 2.75) is 32.6 Å². The second-order valence-electron chi connectivity index (χ2n) is 4.67. The molecule has 1 fully saturated rings. The van der Waals surface area contributed by atoms with Crippen molar-refractivity contribution in [2.24, 2.45) is 5.92 Å². The average Bonchev–Trinajstić information content (AvgIpc) is 3.08. The zero-order valence-corrected chi connectivity index (χ0v) is 9.79. The van der Waals surface area contributed by atoms with E-state index < -0.39 is 0 Å². The first-order chi connectivity index (χ1) is 7.79. The highest BCUT2D eigenvalue weighted by atomic mass is 14.9. The third-order valence-corrected chi connectivity index (χ3v) is 3.10. The Kier molecular flexibility index (Phi) is 3.46. The Balaban J connectivity index is 1.86. The van der Waals surface area contributed by atoms with Gasteiger partial charge in [0.15, 0.2) is 0 Å². The predicted molar refractivity (Wildman–Crippen MR) is 66.3 cm³/mol. The van der Waals surface area contributed by atoms with Gasteiger partial charge >= 0.3 is 0 Å². The summed E-state index contributed by atoms with van der Waals surface area (Å²) < 4.78 is 0. The summed E-state index contributed by atoms with van der Waals surface area (Å²) >= 11 is 0. The van der Waals surface area contributed by atoms with Crippen molar-refractivity contribution in [1.82, 2.24) is 0 Å². The fraction of sp³-hybridized carbons (Fsp3) is 0.500. The maximum Gasteiger partial charge on any atom is 0.101 e. The van der Waals surface area contributed by atoms with Crippen LogP contribution in [0.25, 0.3) is 0 Å². The number of benzene rings is 1. The first kappa shape index (κ1) is 11.0.